The van der Waals surface area contributed by atoms with Crippen LogP contribution in [-0.4, -0.2) is 36.3 Å². The molecule has 0 saturated carbocycles. The maximum Gasteiger partial charge on any atom is 0.237 e. The third-order valence-corrected chi connectivity index (χ3v) is 2.81. The molecule has 0 fully saturated rings. The van der Waals surface area contributed by atoms with Gasteiger partial charge in [0.15, 0.2) is 11.7 Å². The standard InChI is InChI=1S/C12H25N5O2/c1-7(2)10(13)11(19)17-9(8(3)18)5-4-6-16-12(14)15/h7,9-10H,4-6,13H2,1-3H3,(H,17,19)(H4,14,15,16). The monoisotopic (exact) mass is 271 g/mol. The van der Waals surface area contributed by atoms with Crippen LogP contribution in [0.5, 0.6) is 0 Å². The molecule has 7 heteroatoms. The Bertz CT molecular complexity index is 330. The van der Waals surface area contributed by atoms with Crippen LogP contribution in [0.1, 0.15) is 33.6 Å². The molecule has 0 rings (SSSR count). The minimum Gasteiger partial charge on any atom is -0.370 e. The molecule has 0 aromatic carbocycles. The van der Waals surface area contributed by atoms with Crippen molar-refractivity contribution in [1.29, 1.82) is 5.41 Å². The van der Waals surface area contributed by atoms with Gasteiger partial charge in [0.25, 0.3) is 0 Å². The molecule has 110 valence electrons. The van der Waals surface area contributed by atoms with E-state index in [9.17, 15) is 9.59 Å². The number of rotatable bonds is 8. The Morgan fingerprint density at radius 1 is 1.32 bits per heavy atom. The van der Waals surface area contributed by atoms with Crippen molar-refractivity contribution in [2.75, 3.05) is 6.54 Å². The average molecular weight is 271 g/mol. The number of ketones is 1. The van der Waals surface area contributed by atoms with E-state index in [0.717, 1.165) is 0 Å². The molecule has 2 atom stereocenters. The minimum atomic E-state index is -0.614. The zero-order valence-corrected chi connectivity index (χ0v) is 11.8. The fraction of sp³-hybridized carbons (Fsp3) is 0.750. The quantitative estimate of drug-likeness (QED) is 0.226. The highest BCUT2D eigenvalue weighted by Gasteiger charge is 2.22. The first-order valence-corrected chi connectivity index (χ1v) is 6.40. The van der Waals surface area contributed by atoms with Crippen LogP contribution in [0.4, 0.5) is 0 Å². The van der Waals surface area contributed by atoms with Crippen molar-refractivity contribution >= 4 is 17.6 Å². The van der Waals surface area contributed by atoms with Gasteiger partial charge in [0, 0.05) is 6.54 Å². The molecule has 0 aliphatic rings. The highest BCUT2D eigenvalue weighted by Crippen LogP contribution is 2.02. The van der Waals surface area contributed by atoms with Crippen LogP contribution in [-0.2, 0) is 9.59 Å². The molecule has 0 aromatic rings. The van der Waals surface area contributed by atoms with Crippen molar-refractivity contribution in [3.8, 4) is 0 Å². The van der Waals surface area contributed by atoms with Gasteiger partial charge in [-0.2, -0.15) is 0 Å². The average Bonchev–Trinajstić information content (AvgIpc) is 2.30. The van der Waals surface area contributed by atoms with Crippen LogP contribution in [0, 0.1) is 11.3 Å². The van der Waals surface area contributed by atoms with Crippen LogP contribution in [0.2, 0.25) is 0 Å². The summed E-state index contributed by atoms with van der Waals surface area (Å²) in [5.41, 5.74) is 10.9. The fourth-order valence-electron chi connectivity index (χ4n) is 1.48. The number of Topliss-reactive ketones (excluding diaryl/α,β-unsaturated/α-hetero) is 1. The zero-order chi connectivity index (χ0) is 15.0. The number of hydrogen-bond acceptors (Lipinski definition) is 4. The van der Waals surface area contributed by atoms with E-state index in [-0.39, 0.29) is 23.6 Å². The van der Waals surface area contributed by atoms with E-state index < -0.39 is 12.1 Å². The van der Waals surface area contributed by atoms with Crippen molar-refractivity contribution in [2.45, 2.75) is 45.7 Å². The third-order valence-electron chi connectivity index (χ3n) is 2.81. The van der Waals surface area contributed by atoms with E-state index in [0.29, 0.717) is 19.4 Å². The zero-order valence-electron chi connectivity index (χ0n) is 11.8. The summed E-state index contributed by atoms with van der Waals surface area (Å²) in [6.07, 6.45) is 1.12. The fourth-order valence-corrected chi connectivity index (χ4v) is 1.48. The second kappa shape index (κ2) is 8.47. The third kappa shape index (κ3) is 7.40. The van der Waals surface area contributed by atoms with Crippen LogP contribution in [0.3, 0.4) is 0 Å². The van der Waals surface area contributed by atoms with E-state index in [1.54, 1.807) is 0 Å². The summed E-state index contributed by atoms with van der Waals surface area (Å²) < 4.78 is 0. The Labute approximate surface area is 114 Å². The molecular formula is C12H25N5O2. The van der Waals surface area contributed by atoms with E-state index in [4.69, 9.17) is 16.9 Å². The lowest BCUT2D eigenvalue weighted by Crippen LogP contribution is -2.50. The lowest BCUT2D eigenvalue weighted by atomic mass is 10.0. The number of nitrogens with two attached hydrogens (primary N) is 2. The van der Waals surface area contributed by atoms with Gasteiger partial charge in [-0.1, -0.05) is 13.8 Å². The van der Waals surface area contributed by atoms with Crippen molar-refractivity contribution in [1.82, 2.24) is 10.6 Å². The molecule has 0 radical (unpaired) electrons. The van der Waals surface area contributed by atoms with Gasteiger partial charge in [0.2, 0.25) is 5.91 Å². The largest absolute Gasteiger partial charge is 0.370 e. The first-order chi connectivity index (χ1) is 8.75. The topological polar surface area (TPSA) is 134 Å². The second-order valence-electron chi connectivity index (χ2n) is 4.92. The summed E-state index contributed by atoms with van der Waals surface area (Å²) in [4.78, 5) is 23.2. The van der Waals surface area contributed by atoms with E-state index in [1.807, 2.05) is 13.8 Å². The molecule has 0 aliphatic heterocycles. The summed E-state index contributed by atoms with van der Waals surface area (Å²) in [6, 6.07) is -1.15. The highest BCUT2D eigenvalue weighted by molar-refractivity contribution is 5.89. The molecule has 0 aromatic heterocycles. The number of carbonyl (C=O) groups excluding carboxylic acids is 2. The second-order valence-corrected chi connectivity index (χ2v) is 4.92. The van der Waals surface area contributed by atoms with Gasteiger partial charge in [-0.25, -0.2) is 0 Å². The number of amides is 1. The molecule has 0 saturated heterocycles. The lowest BCUT2D eigenvalue weighted by Gasteiger charge is -2.20. The smallest absolute Gasteiger partial charge is 0.237 e. The Morgan fingerprint density at radius 3 is 2.32 bits per heavy atom. The molecular weight excluding hydrogens is 246 g/mol. The van der Waals surface area contributed by atoms with Crippen LogP contribution in [0.25, 0.3) is 0 Å². The van der Waals surface area contributed by atoms with Gasteiger partial charge < -0.3 is 22.1 Å². The molecule has 2 unspecified atom stereocenters. The Kier molecular flexibility index (Phi) is 7.74. The Balaban J connectivity index is 4.23. The number of hydrogen-bond donors (Lipinski definition) is 5. The lowest BCUT2D eigenvalue weighted by molar-refractivity contribution is -0.128. The van der Waals surface area contributed by atoms with Gasteiger partial charge in [-0.15, -0.1) is 0 Å². The van der Waals surface area contributed by atoms with Gasteiger partial charge in [0.05, 0.1) is 12.1 Å². The minimum absolute atomic E-state index is 0.0204. The molecule has 0 bridgehead atoms. The maximum atomic E-state index is 11.8. The predicted octanol–water partition coefficient (Wildman–Crippen LogP) is -0.693. The molecule has 0 heterocycles. The summed E-state index contributed by atoms with van der Waals surface area (Å²) in [5.74, 6) is -0.501. The molecule has 0 aliphatic carbocycles. The maximum absolute atomic E-state index is 11.8. The van der Waals surface area contributed by atoms with Crippen LogP contribution < -0.4 is 22.1 Å². The van der Waals surface area contributed by atoms with Crippen molar-refractivity contribution in [3.05, 3.63) is 0 Å². The highest BCUT2D eigenvalue weighted by atomic mass is 16.2. The predicted molar refractivity (Wildman–Crippen MR) is 74.6 cm³/mol. The van der Waals surface area contributed by atoms with E-state index in [1.165, 1.54) is 6.92 Å². The first-order valence-electron chi connectivity index (χ1n) is 6.40. The van der Waals surface area contributed by atoms with Crippen LogP contribution in [0.15, 0.2) is 0 Å². The summed E-state index contributed by atoms with van der Waals surface area (Å²) in [6.45, 7) is 5.63. The van der Waals surface area contributed by atoms with E-state index >= 15 is 0 Å². The Hall–Kier alpha value is -1.63. The number of guanidine groups is 1. The van der Waals surface area contributed by atoms with Gasteiger partial charge in [0.1, 0.15) is 0 Å². The van der Waals surface area contributed by atoms with Gasteiger partial charge >= 0.3 is 0 Å². The first kappa shape index (κ1) is 17.4. The van der Waals surface area contributed by atoms with Crippen molar-refractivity contribution in [2.24, 2.45) is 17.4 Å². The molecule has 1 amide bonds. The van der Waals surface area contributed by atoms with E-state index in [2.05, 4.69) is 10.6 Å². The SMILES string of the molecule is CC(=O)C(CCCNC(=N)N)NC(=O)C(N)C(C)C. The number of carbonyl (C=O) groups is 2. The number of nitrogens with one attached hydrogen (secondary N) is 3. The molecule has 0 spiro atoms. The Morgan fingerprint density at radius 2 is 1.89 bits per heavy atom. The van der Waals surface area contributed by atoms with Crippen molar-refractivity contribution < 1.29 is 9.59 Å². The normalized spacial score (nSPS) is 13.7. The summed E-state index contributed by atoms with van der Waals surface area (Å²) in [7, 11) is 0. The van der Waals surface area contributed by atoms with Gasteiger partial charge in [-0.05, 0) is 25.7 Å². The summed E-state index contributed by atoms with van der Waals surface area (Å²) in [5, 5.41) is 12.3. The molecule has 7 N–H and O–H groups in total. The van der Waals surface area contributed by atoms with Gasteiger partial charge in [-0.3, -0.25) is 15.0 Å². The van der Waals surface area contributed by atoms with Crippen LogP contribution >= 0.6 is 0 Å². The molecule has 7 nitrogen and oxygen atoms in total. The summed E-state index contributed by atoms with van der Waals surface area (Å²) >= 11 is 0. The van der Waals surface area contributed by atoms with Crippen molar-refractivity contribution in [3.63, 3.8) is 0 Å². The molecule has 19 heavy (non-hydrogen) atoms.